The Balaban J connectivity index is 1.84. The number of amides is 1. The van der Waals surface area contributed by atoms with Crippen molar-refractivity contribution in [3.8, 4) is 11.3 Å². The molecule has 1 heterocycles. The second-order valence-electron chi connectivity index (χ2n) is 6.52. The largest absolute Gasteiger partial charge is 0.354 e. The molecule has 6 nitrogen and oxygen atoms in total. The molecular weight excluding hydrogens is 383 g/mol. The van der Waals surface area contributed by atoms with Crippen molar-refractivity contribution in [3.63, 3.8) is 0 Å². The highest BCUT2D eigenvalue weighted by molar-refractivity contribution is 6.06. The van der Waals surface area contributed by atoms with E-state index in [0.29, 0.717) is 11.5 Å². The van der Waals surface area contributed by atoms with E-state index in [9.17, 15) is 18.0 Å². The maximum atomic E-state index is 13.4. The molecule has 0 saturated carbocycles. The zero-order chi connectivity index (χ0) is 21.0. The SMILES string of the molecule is CC(C)N/C(=N/C(=O)c1cccc(F)c1)Nc1cc(-c2cc(F)cc(F)c2)n[nH]1. The standard InChI is InChI=1S/C20H18F3N5O/c1-11(2)24-20(26-19(29)12-4-3-5-14(21)6-12)25-18-10-17(27-28-18)13-7-15(22)9-16(23)8-13/h3-11H,1-2H3,(H3,24,25,26,27,28,29). The lowest BCUT2D eigenvalue weighted by Gasteiger charge is -2.13. The molecule has 0 radical (unpaired) electrons. The number of carbonyl (C=O) groups is 1. The Morgan fingerprint density at radius 1 is 1.03 bits per heavy atom. The number of anilines is 1. The van der Waals surface area contributed by atoms with Gasteiger partial charge in [0.05, 0.1) is 5.69 Å². The summed E-state index contributed by atoms with van der Waals surface area (Å²) in [6.45, 7) is 3.69. The van der Waals surface area contributed by atoms with Gasteiger partial charge in [0.1, 0.15) is 23.3 Å². The highest BCUT2D eigenvalue weighted by atomic mass is 19.1. The third kappa shape index (κ3) is 5.44. The van der Waals surface area contributed by atoms with Gasteiger partial charge in [0.15, 0.2) is 0 Å². The lowest BCUT2D eigenvalue weighted by Crippen LogP contribution is -2.36. The molecule has 3 N–H and O–H groups in total. The summed E-state index contributed by atoms with van der Waals surface area (Å²) in [4.78, 5) is 16.3. The first kappa shape index (κ1) is 20.1. The number of H-pyrrole nitrogens is 1. The van der Waals surface area contributed by atoms with E-state index >= 15 is 0 Å². The van der Waals surface area contributed by atoms with Crippen LogP contribution in [0.5, 0.6) is 0 Å². The van der Waals surface area contributed by atoms with E-state index in [-0.39, 0.29) is 23.1 Å². The van der Waals surface area contributed by atoms with Gasteiger partial charge in [0, 0.05) is 29.3 Å². The fraction of sp³-hybridized carbons (Fsp3) is 0.150. The van der Waals surface area contributed by atoms with Crippen molar-refractivity contribution in [1.82, 2.24) is 15.5 Å². The maximum Gasteiger partial charge on any atom is 0.280 e. The van der Waals surface area contributed by atoms with Crippen LogP contribution in [-0.2, 0) is 0 Å². The van der Waals surface area contributed by atoms with Crippen molar-refractivity contribution in [3.05, 3.63) is 71.5 Å². The van der Waals surface area contributed by atoms with Gasteiger partial charge in [-0.25, -0.2) is 13.2 Å². The van der Waals surface area contributed by atoms with Crippen LogP contribution in [-0.4, -0.2) is 28.1 Å². The van der Waals surface area contributed by atoms with E-state index in [1.807, 2.05) is 13.8 Å². The minimum atomic E-state index is -0.720. The van der Waals surface area contributed by atoms with Gasteiger partial charge in [0.2, 0.25) is 5.96 Å². The number of benzene rings is 2. The Bertz CT molecular complexity index is 1040. The van der Waals surface area contributed by atoms with Crippen LogP contribution >= 0.6 is 0 Å². The quantitative estimate of drug-likeness (QED) is 0.454. The summed E-state index contributed by atoms with van der Waals surface area (Å²) in [5.41, 5.74) is 0.639. The molecule has 0 bridgehead atoms. The predicted molar refractivity (Wildman–Crippen MR) is 104 cm³/mol. The van der Waals surface area contributed by atoms with Crippen molar-refractivity contribution in [2.45, 2.75) is 19.9 Å². The van der Waals surface area contributed by atoms with Crippen LogP contribution in [0.25, 0.3) is 11.3 Å². The average Bonchev–Trinajstić information content (AvgIpc) is 3.09. The number of hydrogen-bond acceptors (Lipinski definition) is 2. The Morgan fingerprint density at radius 3 is 2.41 bits per heavy atom. The zero-order valence-electron chi connectivity index (χ0n) is 15.6. The number of nitrogens with one attached hydrogen (secondary N) is 3. The molecule has 9 heteroatoms. The molecule has 3 rings (SSSR count). The zero-order valence-corrected chi connectivity index (χ0v) is 15.6. The smallest absolute Gasteiger partial charge is 0.280 e. The van der Waals surface area contributed by atoms with E-state index in [2.05, 4.69) is 25.8 Å². The van der Waals surface area contributed by atoms with Crippen LogP contribution in [0.1, 0.15) is 24.2 Å². The van der Waals surface area contributed by atoms with Crippen LogP contribution < -0.4 is 10.6 Å². The number of aromatic amines is 1. The number of carbonyl (C=O) groups excluding carboxylic acids is 1. The molecule has 0 fully saturated rings. The predicted octanol–water partition coefficient (Wildman–Crippen LogP) is 4.10. The summed E-state index contributed by atoms with van der Waals surface area (Å²) in [6.07, 6.45) is 0. The molecule has 0 aliphatic carbocycles. The summed E-state index contributed by atoms with van der Waals surface area (Å²) in [6, 6.07) is 9.70. The highest BCUT2D eigenvalue weighted by Crippen LogP contribution is 2.22. The number of aliphatic imine (C=N–C) groups is 1. The van der Waals surface area contributed by atoms with Crippen molar-refractivity contribution in [2.24, 2.45) is 4.99 Å². The van der Waals surface area contributed by atoms with E-state index in [0.717, 1.165) is 24.3 Å². The van der Waals surface area contributed by atoms with Crippen LogP contribution in [0.15, 0.2) is 53.5 Å². The lowest BCUT2D eigenvalue weighted by atomic mass is 10.1. The van der Waals surface area contributed by atoms with Crippen LogP contribution in [0.3, 0.4) is 0 Å². The molecule has 29 heavy (non-hydrogen) atoms. The number of aromatic nitrogens is 2. The number of halogens is 3. The number of rotatable bonds is 4. The van der Waals surface area contributed by atoms with Gasteiger partial charge in [-0.3, -0.25) is 9.89 Å². The molecule has 0 aliphatic rings. The number of guanidine groups is 1. The minimum absolute atomic E-state index is 0.0683. The second kappa shape index (κ2) is 8.59. The molecule has 0 atom stereocenters. The van der Waals surface area contributed by atoms with Gasteiger partial charge in [-0.05, 0) is 44.2 Å². The van der Waals surface area contributed by atoms with Gasteiger partial charge < -0.3 is 10.6 Å². The fourth-order valence-electron chi connectivity index (χ4n) is 2.52. The number of hydrogen-bond donors (Lipinski definition) is 3. The Labute approximate surface area is 164 Å². The van der Waals surface area contributed by atoms with E-state index in [1.54, 1.807) is 0 Å². The Kier molecular flexibility index (Phi) is 5.96. The summed E-state index contributed by atoms with van der Waals surface area (Å²) in [5, 5.41) is 12.5. The first-order valence-electron chi connectivity index (χ1n) is 8.74. The Hall–Kier alpha value is -3.62. The van der Waals surface area contributed by atoms with Crippen LogP contribution in [0, 0.1) is 17.5 Å². The van der Waals surface area contributed by atoms with Crippen molar-refractivity contribution in [1.29, 1.82) is 0 Å². The molecule has 1 aromatic heterocycles. The van der Waals surface area contributed by atoms with Gasteiger partial charge in [-0.1, -0.05) is 6.07 Å². The average molecular weight is 401 g/mol. The molecule has 3 aromatic rings. The van der Waals surface area contributed by atoms with E-state index in [4.69, 9.17) is 0 Å². The van der Waals surface area contributed by atoms with Crippen molar-refractivity contribution >= 4 is 17.7 Å². The first-order chi connectivity index (χ1) is 13.8. The van der Waals surface area contributed by atoms with E-state index in [1.165, 1.54) is 24.3 Å². The summed E-state index contributed by atoms with van der Waals surface area (Å²) >= 11 is 0. The molecular formula is C20H18F3N5O. The maximum absolute atomic E-state index is 13.4. The van der Waals surface area contributed by atoms with Gasteiger partial charge in [-0.2, -0.15) is 10.1 Å². The topological polar surface area (TPSA) is 82.2 Å². The van der Waals surface area contributed by atoms with Crippen molar-refractivity contribution in [2.75, 3.05) is 5.32 Å². The third-order valence-corrected chi connectivity index (χ3v) is 3.70. The molecule has 0 saturated heterocycles. The first-order valence-corrected chi connectivity index (χ1v) is 8.74. The summed E-state index contributed by atoms with van der Waals surface area (Å²) in [5.74, 6) is -2.19. The van der Waals surface area contributed by atoms with Gasteiger partial charge >= 0.3 is 0 Å². The van der Waals surface area contributed by atoms with Crippen LogP contribution in [0.4, 0.5) is 19.0 Å². The lowest BCUT2D eigenvalue weighted by molar-refractivity contribution is 0.100. The Morgan fingerprint density at radius 2 is 1.76 bits per heavy atom. The molecule has 0 unspecified atom stereocenters. The second-order valence-corrected chi connectivity index (χ2v) is 6.52. The molecule has 2 aromatic carbocycles. The molecule has 0 spiro atoms. The van der Waals surface area contributed by atoms with Gasteiger partial charge in [-0.15, -0.1) is 0 Å². The normalized spacial score (nSPS) is 11.6. The number of nitrogens with zero attached hydrogens (tertiary/aromatic N) is 2. The fourth-order valence-corrected chi connectivity index (χ4v) is 2.52. The minimum Gasteiger partial charge on any atom is -0.354 e. The molecule has 150 valence electrons. The van der Waals surface area contributed by atoms with E-state index < -0.39 is 23.4 Å². The highest BCUT2D eigenvalue weighted by Gasteiger charge is 2.12. The monoisotopic (exact) mass is 401 g/mol. The third-order valence-electron chi connectivity index (χ3n) is 3.70. The molecule has 1 amide bonds. The summed E-state index contributed by atoms with van der Waals surface area (Å²) in [7, 11) is 0. The van der Waals surface area contributed by atoms with Crippen molar-refractivity contribution < 1.29 is 18.0 Å². The molecule has 0 aliphatic heterocycles. The van der Waals surface area contributed by atoms with Crippen LogP contribution in [0.2, 0.25) is 0 Å². The van der Waals surface area contributed by atoms with Gasteiger partial charge in [0.25, 0.3) is 5.91 Å². The summed E-state index contributed by atoms with van der Waals surface area (Å²) < 4.78 is 40.2.